The first-order chi connectivity index (χ1) is 9.95. The Morgan fingerprint density at radius 3 is 2.81 bits per heavy atom. The molecule has 0 aliphatic carbocycles. The molecule has 1 saturated heterocycles. The highest BCUT2D eigenvalue weighted by molar-refractivity contribution is 9.10. The van der Waals surface area contributed by atoms with Gasteiger partial charge < -0.3 is 10.0 Å². The van der Waals surface area contributed by atoms with Crippen LogP contribution in [0.25, 0.3) is 0 Å². The first kappa shape index (κ1) is 16.3. The van der Waals surface area contributed by atoms with Crippen molar-refractivity contribution < 1.29 is 19.1 Å². The summed E-state index contributed by atoms with van der Waals surface area (Å²) in [5.74, 6) is -1.92. The van der Waals surface area contributed by atoms with Gasteiger partial charge in [0.15, 0.2) is 0 Å². The van der Waals surface area contributed by atoms with Crippen LogP contribution in [0.3, 0.4) is 0 Å². The van der Waals surface area contributed by atoms with E-state index in [4.69, 9.17) is 0 Å². The summed E-state index contributed by atoms with van der Waals surface area (Å²) in [6.07, 6.45) is 1.52. The monoisotopic (exact) mass is 375 g/mol. The summed E-state index contributed by atoms with van der Waals surface area (Å²) in [7, 11) is 0. The Labute approximate surface area is 134 Å². The highest BCUT2D eigenvalue weighted by atomic mass is 79.9. The summed E-state index contributed by atoms with van der Waals surface area (Å²) in [6.45, 7) is 1.97. The van der Waals surface area contributed by atoms with Crippen molar-refractivity contribution in [3.05, 3.63) is 34.1 Å². The summed E-state index contributed by atoms with van der Waals surface area (Å²) >= 11 is 4.57. The number of amides is 1. The summed E-state index contributed by atoms with van der Waals surface area (Å²) < 4.78 is 14.5. The maximum atomic E-state index is 14.0. The first-order valence-corrected chi connectivity index (χ1v) is 8.42. The van der Waals surface area contributed by atoms with Crippen molar-refractivity contribution in [2.24, 2.45) is 0 Å². The number of thioether (sulfide) groups is 1. The largest absolute Gasteiger partial charge is 0.480 e. The van der Waals surface area contributed by atoms with Gasteiger partial charge in [-0.15, -0.1) is 11.8 Å². The molecule has 1 aliphatic heterocycles. The molecule has 0 bridgehead atoms. The second kappa shape index (κ2) is 6.79. The van der Waals surface area contributed by atoms with Crippen LogP contribution in [-0.2, 0) is 4.79 Å². The SMILES string of the molecule is CCCC1SCC(C(=O)O)N1C(=O)c1ccc(Br)cc1F. The van der Waals surface area contributed by atoms with Crippen molar-refractivity contribution in [2.75, 3.05) is 5.75 Å². The molecule has 7 heteroatoms. The maximum absolute atomic E-state index is 14.0. The number of nitrogens with zero attached hydrogens (tertiary/aromatic N) is 1. The third-order valence-electron chi connectivity index (χ3n) is 3.31. The van der Waals surface area contributed by atoms with Crippen LogP contribution in [0, 0.1) is 5.82 Å². The Balaban J connectivity index is 2.34. The summed E-state index contributed by atoms with van der Waals surface area (Å²) in [5.41, 5.74) is -0.0898. The zero-order valence-electron chi connectivity index (χ0n) is 11.4. The van der Waals surface area contributed by atoms with E-state index in [-0.39, 0.29) is 10.9 Å². The second-order valence-corrected chi connectivity index (χ2v) is 6.89. The van der Waals surface area contributed by atoms with Crippen LogP contribution in [0.1, 0.15) is 30.1 Å². The molecule has 1 N–H and O–H groups in total. The lowest BCUT2D eigenvalue weighted by Crippen LogP contribution is -2.45. The number of hydrogen-bond acceptors (Lipinski definition) is 3. The van der Waals surface area contributed by atoms with Crippen molar-refractivity contribution >= 4 is 39.6 Å². The second-order valence-electron chi connectivity index (χ2n) is 4.77. The van der Waals surface area contributed by atoms with E-state index in [0.717, 1.165) is 6.42 Å². The van der Waals surface area contributed by atoms with E-state index in [1.807, 2.05) is 6.92 Å². The molecule has 1 aliphatic rings. The van der Waals surface area contributed by atoms with E-state index in [2.05, 4.69) is 15.9 Å². The third-order valence-corrected chi connectivity index (χ3v) is 5.16. The standard InChI is InChI=1S/C14H15BrFNO3S/c1-2-3-12-17(11(7-21-12)14(19)20)13(18)9-5-4-8(15)6-10(9)16/h4-6,11-12H,2-3,7H2,1H3,(H,19,20). The smallest absolute Gasteiger partial charge is 0.327 e. The van der Waals surface area contributed by atoms with Gasteiger partial charge in [0.2, 0.25) is 0 Å². The number of hydrogen-bond donors (Lipinski definition) is 1. The fourth-order valence-corrected chi connectivity index (χ4v) is 4.14. The highest BCUT2D eigenvalue weighted by Gasteiger charge is 2.42. The number of carboxylic acid groups (broad SMARTS) is 1. The average Bonchev–Trinajstić information content (AvgIpc) is 2.82. The van der Waals surface area contributed by atoms with Gasteiger partial charge in [0, 0.05) is 10.2 Å². The lowest BCUT2D eigenvalue weighted by molar-refractivity contribution is -0.141. The summed E-state index contributed by atoms with van der Waals surface area (Å²) in [5, 5.41) is 9.05. The molecule has 21 heavy (non-hydrogen) atoms. The van der Waals surface area contributed by atoms with Crippen LogP contribution in [0.5, 0.6) is 0 Å². The van der Waals surface area contributed by atoms with E-state index >= 15 is 0 Å². The Morgan fingerprint density at radius 1 is 1.52 bits per heavy atom. The molecule has 0 aromatic heterocycles. The van der Waals surface area contributed by atoms with Gasteiger partial charge in [-0.3, -0.25) is 4.79 Å². The Bertz CT molecular complexity index is 569. The van der Waals surface area contributed by atoms with Crippen LogP contribution in [0.2, 0.25) is 0 Å². The molecule has 1 fully saturated rings. The van der Waals surface area contributed by atoms with Gasteiger partial charge in [0.05, 0.1) is 10.9 Å². The van der Waals surface area contributed by atoms with Gasteiger partial charge >= 0.3 is 5.97 Å². The van der Waals surface area contributed by atoms with Gasteiger partial charge in [-0.25, -0.2) is 9.18 Å². The fourth-order valence-electron chi connectivity index (χ4n) is 2.30. The fraction of sp³-hybridized carbons (Fsp3) is 0.429. The normalized spacial score (nSPS) is 21.6. The van der Waals surface area contributed by atoms with Crippen molar-refractivity contribution in [1.82, 2.24) is 4.90 Å². The molecule has 1 aromatic carbocycles. The molecule has 0 spiro atoms. The Kier molecular flexibility index (Phi) is 5.27. The van der Waals surface area contributed by atoms with Crippen LogP contribution >= 0.6 is 27.7 Å². The van der Waals surface area contributed by atoms with Gasteiger partial charge in [-0.1, -0.05) is 29.3 Å². The molecule has 2 unspecified atom stereocenters. The van der Waals surface area contributed by atoms with Crippen LogP contribution in [0.4, 0.5) is 4.39 Å². The van der Waals surface area contributed by atoms with E-state index in [0.29, 0.717) is 16.6 Å². The van der Waals surface area contributed by atoms with Crippen molar-refractivity contribution in [2.45, 2.75) is 31.2 Å². The molecule has 0 radical (unpaired) electrons. The quantitative estimate of drug-likeness (QED) is 0.876. The number of benzene rings is 1. The van der Waals surface area contributed by atoms with E-state index in [1.54, 1.807) is 6.07 Å². The third kappa shape index (κ3) is 3.40. The Morgan fingerprint density at radius 2 is 2.24 bits per heavy atom. The zero-order chi connectivity index (χ0) is 15.6. The molecule has 1 amide bonds. The van der Waals surface area contributed by atoms with Crippen LogP contribution < -0.4 is 0 Å². The molecule has 1 heterocycles. The van der Waals surface area contributed by atoms with Crippen LogP contribution in [0.15, 0.2) is 22.7 Å². The molecular weight excluding hydrogens is 361 g/mol. The van der Waals surface area contributed by atoms with E-state index < -0.39 is 23.7 Å². The average molecular weight is 376 g/mol. The minimum Gasteiger partial charge on any atom is -0.480 e. The minimum atomic E-state index is -1.05. The van der Waals surface area contributed by atoms with Gasteiger partial charge in [0.1, 0.15) is 11.9 Å². The molecule has 2 atom stereocenters. The van der Waals surface area contributed by atoms with Gasteiger partial charge in [-0.2, -0.15) is 0 Å². The number of aliphatic carboxylic acids is 1. The lowest BCUT2D eigenvalue weighted by atomic mass is 10.1. The topological polar surface area (TPSA) is 57.6 Å². The molecular formula is C14H15BrFNO3S. The first-order valence-electron chi connectivity index (χ1n) is 6.57. The maximum Gasteiger partial charge on any atom is 0.327 e. The molecule has 0 saturated carbocycles. The summed E-state index contributed by atoms with van der Waals surface area (Å²) in [4.78, 5) is 25.2. The van der Waals surface area contributed by atoms with Crippen molar-refractivity contribution in [3.63, 3.8) is 0 Å². The summed E-state index contributed by atoms with van der Waals surface area (Å²) in [6, 6.07) is 3.26. The number of carbonyl (C=O) groups excluding carboxylic acids is 1. The predicted octanol–water partition coefficient (Wildman–Crippen LogP) is 3.36. The minimum absolute atomic E-state index is 0.0898. The van der Waals surface area contributed by atoms with E-state index in [1.165, 1.54) is 28.8 Å². The number of carboxylic acids is 1. The van der Waals surface area contributed by atoms with Crippen molar-refractivity contribution in [1.29, 1.82) is 0 Å². The van der Waals surface area contributed by atoms with Gasteiger partial charge in [0.25, 0.3) is 5.91 Å². The molecule has 114 valence electrons. The number of carbonyl (C=O) groups is 2. The zero-order valence-corrected chi connectivity index (χ0v) is 13.8. The number of halogens is 2. The van der Waals surface area contributed by atoms with Crippen LogP contribution in [-0.4, -0.2) is 39.1 Å². The van der Waals surface area contributed by atoms with Crippen molar-refractivity contribution in [3.8, 4) is 0 Å². The molecule has 4 nitrogen and oxygen atoms in total. The van der Waals surface area contributed by atoms with E-state index in [9.17, 15) is 19.1 Å². The number of rotatable bonds is 4. The Hall–Kier alpha value is -1.08. The molecule has 2 rings (SSSR count). The van der Waals surface area contributed by atoms with Gasteiger partial charge in [-0.05, 0) is 24.6 Å². The molecule has 1 aromatic rings. The highest BCUT2D eigenvalue weighted by Crippen LogP contribution is 2.34. The predicted molar refractivity (Wildman–Crippen MR) is 82.8 cm³/mol. The lowest BCUT2D eigenvalue weighted by Gasteiger charge is -2.27.